The molecule has 0 heterocycles. The number of rotatable bonds is 4. The van der Waals surface area contributed by atoms with E-state index >= 15 is 0 Å². The van der Waals surface area contributed by atoms with Gasteiger partial charge in [-0.15, -0.1) is 0 Å². The Bertz CT molecular complexity index is 802. The van der Waals surface area contributed by atoms with E-state index in [0.717, 1.165) is 23.1 Å². The molecular formula is C20H24N2O2S. The lowest BCUT2D eigenvalue weighted by Gasteiger charge is -2.15. The molecule has 3 N–H and O–H groups in total. The minimum atomic E-state index is -0.279. The van der Waals surface area contributed by atoms with Crippen molar-refractivity contribution in [2.45, 2.75) is 40.0 Å². The van der Waals surface area contributed by atoms with Gasteiger partial charge in [0.1, 0.15) is 5.75 Å². The molecule has 1 amide bonds. The van der Waals surface area contributed by atoms with E-state index in [1.165, 1.54) is 0 Å². The molecule has 0 saturated carbocycles. The molecule has 0 fully saturated rings. The number of aryl methyl sites for hydroxylation is 2. The third kappa shape index (κ3) is 4.79. The Morgan fingerprint density at radius 3 is 2.52 bits per heavy atom. The summed E-state index contributed by atoms with van der Waals surface area (Å²) in [6.07, 6.45) is 0.998. The number of benzene rings is 2. The number of phenolic OH excluding ortho intramolecular Hbond substituents is 1. The summed E-state index contributed by atoms with van der Waals surface area (Å²) in [6.45, 7) is 8.19. The summed E-state index contributed by atoms with van der Waals surface area (Å²) in [4.78, 5) is 12.3. The first kappa shape index (κ1) is 18.9. The second-order valence-electron chi connectivity index (χ2n) is 6.29. The van der Waals surface area contributed by atoms with E-state index < -0.39 is 0 Å². The summed E-state index contributed by atoms with van der Waals surface area (Å²) >= 11 is 5.21. The molecule has 0 aromatic heterocycles. The van der Waals surface area contributed by atoms with Gasteiger partial charge < -0.3 is 10.4 Å². The van der Waals surface area contributed by atoms with Gasteiger partial charge in [-0.3, -0.25) is 10.1 Å². The lowest BCUT2D eigenvalue weighted by molar-refractivity contribution is 0.0977. The Labute approximate surface area is 154 Å². The lowest BCUT2D eigenvalue weighted by Crippen LogP contribution is -2.34. The fraction of sp³-hybridized carbons (Fsp3) is 0.300. The van der Waals surface area contributed by atoms with Crippen molar-refractivity contribution >= 4 is 28.9 Å². The number of phenols is 1. The van der Waals surface area contributed by atoms with E-state index in [1.807, 2.05) is 38.1 Å². The molecule has 2 aromatic rings. The molecular weight excluding hydrogens is 332 g/mol. The first-order valence-electron chi connectivity index (χ1n) is 8.34. The number of anilines is 1. The molecule has 25 heavy (non-hydrogen) atoms. The summed E-state index contributed by atoms with van der Waals surface area (Å²) in [7, 11) is 0. The summed E-state index contributed by atoms with van der Waals surface area (Å²) in [6, 6.07) is 10.9. The van der Waals surface area contributed by atoms with Crippen molar-refractivity contribution in [1.82, 2.24) is 5.32 Å². The molecule has 0 unspecified atom stereocenters. The molecule has 4 nitrogen and oxygen atoms in total. The highest BCUT2D eigenvalue weighted by molar-refractivity contribution is 7.80. The second-order valence-corrected chi connectivity index (χ2v) is 6.70. The molecule has 2 aromatic carbocycles. The van der Waals surface area contributed by atoms with Crippen LogP contribution >= 0.6 is 12.2 Å². The van der Waals surface area contributed by atoms with Crippen LogP contribution in [0.15, 0.2) is 36.4 Å². The predicted molar refractivity (Wildman–Crippen MR) is 106 cm³/mol. The molecule has 0 aliphatic carbocycles. The third-order valence-electron chi connectivity index (χ3n) is 4.45. The highest BCUT2D eigenvalue weighted by Gasteiger charge is 2.12. The molecule has 0 aliphatic heterocycles. The molecule has 1 atom stereocenters. The fourth-order valence-electron chi connectivity index (χ4n) is 2.41. The van der Waals surface area contributed by atoms with Gasteiger partial charge in [0.25, 0.3) is 5.91 Å². The molecule has 0 aliphatic rings. The van der Waals surface area contributed by atoms with Crippen LogP contribution in [-0.4, -0.2) is 16.1 Å². The first-order chi connectivity index (χ1) is 11.8. The van der Waals surface area contributed by atoms with Gasteiger partial charge in [-0.1, -0.05) is 26.0 Å². The van der Waals surface area contributed by atoms with E-state index in [-0.39, 0.29) is 16.8 Å². The Balaban J connectivity index is 2.09. The van der Waals surface area contributed by atoms with E-state index in [1.54, 1.807) is 12.1 Å². The van der Waals surface area contributed by atoms with Gasteiger partial charge in [-0.2, -0.15) is 0 Å². The van der Waals surface area contributed by atoms with Gasteiger partial charge in [-0.25, -0.2) is 0 Å². The van der Waals surface area contributed by atoms with Crippen LogP contribution in [0.2, 0.25) is 0 Å². The number of hydrogen-bond acceptors (Lipinski definition) is 3. The third-order valence-corrected chi connectivity index (χ3v) is 4.65. The molecule has 0 bridgehead atoms. The molecule has 0 spiro atoms. The highest BCUT2D eigenvalue weighted by atomic mass is 32.1. The topological polar surface area (TPSA) is 61.4 Å². The smallest absolute Gasteiger partial charge is 0.257 e. The summed E-state index contributed by atoms with van der Waals surface area (Å²) in [5, 5.41) is 15.7. The van der Waals surface area contributed by atoms with Crippen LogP contribution in [0.5, 0.6) is 5.75 Å². The van der Waals surface area contributed by atoms with Crippen LogP contribution in [-0.2, 0) is 0 Å². The highest BCUT2D eigenvalue weighted by Crippen LogP contribution is 2.29. The standard InChI is InChI=1S/C20H24N2O2S/c1-5-12(2)15-8-9-18(23)17(11-15)21-20(25)22-19(24)16-7-6-13(3)14(4)10-16/h6-12,23H,5H2,1-4H3,(H2,21,22,24,25)/t12-/m1/s1. The number of carbonyl (C=O) groups excluding carboxylic acids is 1. The van der Waals surface area contributed by atoms with Crippen molar-refractivity contribution in [1.29, 1.82) is 0 Å². The summed E-state index contributed by atoms with van der Waals surface area (Å²) < 4.78 is 0. The molecule has 5 heteroatoms. The zero-order valence-corrected chi connectivity index (χ0v) is 15.8. The average Bonchev–Trinajstić information content (AvgIpc) is 2.58. The Morgan fingerprint density at radius 2 is 1.88 bits per heavy atom. The zero-order valence-electron chi connectivity index (χ0n) is 15.0. The largest absolute Gasteiger partial charge is 0.506 e. The van der Waals surface area contributed by atoms with Crippen LogP contribution in [0.25, 0.3) is 0 Å². The number of thiocarbonyl (C=S) groups is 1. The number of hydrogen-bond donors (Lipinski definition) is 3. The molecule has 2 rings (SSSR count). The number of carbonyl (C=O) groups is 1. The van der Waals surface area contributed by atoms with Crippen molar-refractivity contribution in [3.05, 3.63) is 58.7 Å². The quantitative estimate of drug-likeness (QED) is 0.551. The summed E-state index contributed by atoms with van der Waals surface area (Å²) in [5.41, 5.74) is 4.31. The monoisotopic (exact) mass is 356 g/mol. The number of nitrogens with one attached hydrogen (secondary N) is 2. The minimum absolute atomic E-state index is 0.0924. The normalized spacial score (nSPS) is 11.7. The van der Waals surface area contributed by atoms with Gasteiger partial charge in [0.2, 0.25) is 0 Å². The maximum absolute atomic E-state index is 12.3. The van der Waals surface area contributed by atoms with Crippen molar-refractivity contribution in [2.75, 3.05) is 5.32 Å². The van der Waals surface area contributed by atoms with Crippen LogP contribution in [0.3, 0.4) is 0 Å². The Kier molecular flexibility index (Phi) is 6.15. The van der Waals surface area contributed by atoms with Gasteiger partial charge in [-0.05, 0) is 79.4 Å². The van der Waals surface area contributed by atoms with Crippen LogP contribution in [0.4, 0.5) is 5.69 Å². The summed E-state index contributed by atoms with van der Waals surface area (Å²) in [5.74, 6) is 0.188. The minimum Gasteiger partial charge on any atom is -0.506 e. The maximum Gasteiger partial charge on any atom is 0.257 e. The van der Waals surface area contributed by atoms with Crippen LogP contribution < -0.4 is 10.6 Å². The van der Waals surface area contributed by atoms with Gasteiger partial charge in [0.05, 0.1) is 5.69 Å². The van der Waals surface area contributed by atoms with E-state index in [4.69, 9.17) is 12.2 Å². The van der Waals surface area contributed by atoms with Crippen molar-refractivity contribution in [2.24, 2.45) is 0 Å². The number of aromatic hydroxyl groups is 1. The van der Waals surface area contributed by atoms with Crippen molar-refractivity contribution in [3.8, 4) is 5.75 Å². The van der Waals surface area contributed by atoms with Gasteiger partial charge >= 0.3 is 0 Å². The first-order valence-corrected chi connectivity index (χ1v) is 8.75. The fourth-order valence-corrected chi connectivity index (χ4v) is 2.61. The Hall–Kier alpha value is -2.40. The van der Waals surface area contributed by atoms with Crippen molar-refractivity contribution < 1.29 is 9.90 Å². The van der Waals surface area contributed by atoms with Crippen LogP contribution in [0.1, 0.15) is 53.2 Å². The zero-order chi connectivity index (χ0) is 18.6. The van der Waals surface area contributed by atoms with E-state index in [0.29, 0.717) is 17.2 Å². The van der Waals surface area contributed by atoms with Gasteiger partial charge in [0.15, 0.2) is 5.11 Å². The SMILES string of the molecule is CC[C@@H](C)c1ccc(O)c(NC(=S)NC(=O)c2ccc(C)c(C)c2)c1. The number of amides is 1. The second kappa shape index (κ2) is 8.12. The van der Waals surface area contributed by atoms with Crippen LogP contribution in [0, 0.1) is 13.8 Å². The lowest BCUT2D eigenvalue weighted by atomic mass is 9.98. The van der Waals surface area contributed by atoms with Gasteiger partial charge in [0, 0.05) is 5.56 Å². The molecule has 0 radical (unpaired) electrons. The average molecular weight is 356 g/mol. The maximum atomic E-state index is 12.3. The predicted octanol–water partition coefficient (Wildman–Crippen LogP) is 4.65. The molecule has 132 valence electrons. The van der Waals surface area contributed by atoms with Crippen molar-refractivity contribution in [3.63, 3.8) is 0 Å². The van der Waals surface area contributed by atoms with E-state index in [9.17, 15) is 9.90 Å². The Morgan fingerprint density at radius 1 is 1.16 bits per heavy atom. The molecule has 0 saturated heterocycles. The van der Waals surface area contributed by atoms with E-state index in [2.05, 4.69) is 24.5 Å².